The second-order valence-corrected chi connectivity index (χ2v) is 5.36. The molecule has 24 heavy (non-hydrogen) atoms. The van der Waals surface area contributed by atoms with E-state index in [-0.39, 0.29) is 16.3 Å². The molecule has 0 fully saturated rings. The van der Waals surface area contributed by atoms with Crippen molar-refractivity contribution in [2.24, 2.45) is 0 Å². The van der Waals surface area contributed by atoms with E-state index in [0.717, 1.165) is 17.3 Å². The Morgan fingerprint density at radius 2 is 2.04 bits per heavy atom. The summed E-state index contributed by atoms with van der Waals surface area (Å²) in [5.74, 6) is -0.583. The number of nitrogens with one attached hydrogen (secondary N) is 2. The predicted molar refractivity (Wildman–Crippen MR) is 90.1 cm³/mol. The highest BCUT2D eigenvalue weighted by Gasteiger charge is 2.20. The summed E-state index contributed by atoms with van der Waals surface area (Å²) < 4.78 is 0. The monoisotopic (exact) mass is 342 g/mol. The fourth-order valence-electron chi connectivity index (χ4n) is 2.23. The molecule has 0 saturated carbocycles. The molecule has 0 radical (unpaired) electrons. The molecule has 0 aliphatic carbocycles. The highest BCUT2D eigenvalue weighted by Crippen LogP contribution is 2.25. The first kappa shape index (κ1) is 15.7. The number of rotatable bonds is 4. The van der Waals surface area contributed by atoms with Crippen LogP contribution in [0.25, 0.3) is 11.3 Å². The van der Waals surface area contributed by atoms with E-state index in [4.69, 9.17) is 11.6 Å². The molecule has 8 heteroatoms. The number of anilines is 1. The lowest BCUT2D eigenvalue weighted by Gasteiger charge is -2.07. The normalized spacial score (nSPS) is 10.4. The lowest BCUT2D eigenvalue weighted by atomic mass is 10.1. The standard InChI is InChI=1S/C16H11ClN4O3/c17-11-4-5-13(15(9-11)21(23)24)16(22)19-12-3-1-2-10(8-12)14-6-7-18-20-14/h1-9H,(H,18,20)(H,19,22). The maximum atomic E-state index is 12.4. The lowest BCUT2D eigenvalue weighted by Crippen LogP contribution is -2.14. The van der Waals surface area contributed by atoms with E-state index in [1.165, 1.54) is 12.1 Å². The summed E-state index contributed by atoms with van der Waals surface area (Å²) in [7, 11) is 0. The number of halogens is 1. The first-order valence-electron chi connectivity index (χ1n) is 6.90. The van der Waals surface area contributed by atoms with E-state index in [9.17, 15) is 14.9 Å². The van der Waals surface area contributed by atoms with Gasteiger partial charge < -0.3 is 5.32 Å². The molecule has 1 aromatic heterocycles. The maximum absolute atomic E-state index is 12.4. The van der Waals surface area contributed by atoms with Crippen LogP contribution >= 0.6 is 11.6 Å². The molecule has 0 bridgehead atoms. The summed E-state index contributed by atoms with van der Waals surface area (Å²) in [5, 5.41) is 20.7. The molecule has 0 spiro atoms. The summed E-state index contributed by atoms with van der Waals surface area (Å²) in [6.07, 6.45) is 1.62. The van der Waals surface area contributed by atoms with E-state index in [1.807, 2.05) is 6.07 Å². The third-order valence-electron chi connectivity index (χ3n) is 3.33. The van der Waals surface area contributed by atoms with Crippen LogP contribution in [0.5, 0.6) is 0 Å². The number of aromatic amines is 1. The van der Waals surface area contributed by atoms with Crippen LogP contribution in [0.4, 0.5) is 11.4 Å². The Balaban J connectivity index is 1.88. The van der Waals surface area contributed by atoms with Crippen molar-refractivity contribution >= 4 is 28.9 Å². The molecule has 0 aliphatic heterocycles. The van der Waals surface area contributed by atoms with Crippen LogP contribution in [0.2, 0.25) is 5.02 Å². The number of H-pyrrole nitrogens is 1. The zero-order valence-electron chi connectivity index (χ0n) is 12.2. The number of nitro benzene ring substituents is 1. The molecular weight excluding hydrogens is 332 g/mol. The quantitative estimate of drug-likeness (QED) is 0.554. The third kappa shape index (κ3) is 3.26. The Hall–Kier alpha value is -3.19. The van der Waals surface area contributed by atoms with Crippen molar-refractivity contribution in [2.75, 3.05) is 5.32 Å². The van der Waals surface area contributed by atoms with E-state index in [0.29, 0.717) is 5.69 Å². The molecule has 0 atom stereocenters. The van der Waals surface area contributed by atoms with Crippen molar-refractivity contribution in [3.8, 4) is 11.3 Å². The van der Waals surface area contributed by atoms with Crippen LogP contribution in [-0.2, 0) is 0 Å². The van der Waals surface area contributed by atoms with Crippen molar-refractivity contribution in [1.29, 1.82) is 0 Å². The Kier molecular flexibility index (Phi) is 4.26. The Bertz CT molecular complexity index is 909. The average molecular weight is 343 g/mol. The van der Waals surface area contributed by atoms with Crippen LogP contribution < -0.4 is 5.32 Å². The minimum absolute atomic E-state index is 0.0589. The Morgan fingerprint density at radius 3 is 2.75 bits per heavy atom. The third-order valence-corrected chi connectivity index (χ3v) is 3.57. The largest absolute Gasteiger partial charge is 0.322 e. The van der Waals surface area contributed by atoms with E-state index < -0.39 is 10.8 Å². The number of nitrogens with zero attached hydrogens (tertiary/aromatic N) is 2. The second kappa shape index (κ2) is 6.51. The van der Waals surface area contributed by atoms with Crippen molar-refractivity contribution in [3.05, 3.63) is 75.4 Å². The molecule has 2 aromatic carbocycles. The van der Waals surface area contributed by atoms with Gasteiger partial charge >= 0.3 is 0 Å². The van der Waals surface area contributed by atoms with Crippen LogP contribution in [0.3, 0.4) is 0 Å². The lowest BCUT2D eigenvalue weighted by molar-refractivity contribution is -0.385. The summed E-state index contributed by atoms with van der Waals surface area (Å²) in [4.78, 5) is 22.8. The number of aromatic nitrogens is 2. The summed E-state index contributed by atoms with van der Waals surface area (Å²) in [6, 6.07) is 12.8. The number of carbonyl (C=O) groups is 1. The van der Waals surface area contributed by atoms with Crippen LogP contribution in [-0.4, -0.2) is 21.0 Å². The molecule has 1 amide bonds. The topological polar surface area (TPSA) is 101 Å². The van der Waals surface area contributed by atoms with Crippen molar-refractivity contribution in [1.82, 2.24) is 10.2 Å². The molecule has 2 N–H and O–H groups in total. The maximum Gasteiger partial charge on any atom is 0.283 e. The minimum atomic E-state index is -0.637. The predicted octanol–water partition coefficient (Wildman–Crippen LogP) is 3.89. The highest BCUT2D eigenvalue weighted by molar-refractivity contribution is 6.31. The van der Waals surface area contributed by atoms with Gasteiger partial charge in [0.1, 0.15) is 5.56 Å². The molecule has 120 valence electrons. The first-order chi connectivity index (χ1) is 11.5. The smallest absolute Gasteiger partial charge is 0.283 e. The van der Waals surface area contributed by atoms with Crippen LogP contribution in [0, 0.1) is 10.1 Å². The van der Waals surface area contributed by atoms with Gasteiger partial charge in [-0.1, -0.05) is 23.7 Å². The van der Waals surface area contributed by atoms with Crippen molar-refractivity contribution in [3.63, 3.8) is 0 Å². The second-order valence-electron chi connectivity index (χ2n) is 4.92. The number of benzene rings is 2. The van der Waals surface area contributed by atoms with Gasteiger partial charge in [0, 0.05) is 28.5 Å². The van der Waals surface area contributed by atoms with Gasteiger partial charge in [-0.3, -0.25) is 20.0 Å². The molecular formula is C16H11ClN4O3. The zero-order valence-corrected chi connectivity index (χ0v) is 12.9. The van der Waals surface area contributed by atoms with E-state index >= 15 is 0 Å². The molecule has 0 aliphatic rings. The molecule has 7 nitrogen and oxygen atoms in total. The van der Waals surface area contributed by atoms with Gasteiger partial charge in [-0.05, 0) is 30.3 Å². The molecule has 0 unspecified atom stereocenters. The van der Waals surface area contributed by atoms with Crippen molar-refractivity contribution in [2.45, 2.75) is 0 Å². The minimum Gasteiger partial charge on any atom is -0.322 e. The van der Waals surface area contributed by atoms with Gasteiger partial charge in [0.05, 0.1) is 10.6 Å². The first-order valence-corrected chi connectivity index (χ1v) is 7.27. The fraction of sp³-hybridized carbons (Fsp3) is 0. The summed E-state index contributed by atoms with van der Waals surface area (Å²) in [6.45, 7) is 0. The summed E-state index contributed by atoms with van der Waals surface area (Å²) in [5.41, 5.74) is 1.73. The number of hydrogen-bond acceptors (Lipinski definition) is 4. The SMILES string of the molecule is O=C(Nc1cccc(-c2ccn[nH]2)c1)c1ccc(Cl)cc1[N+](=O)[O-]. The Morgan fingerprint density at radius 1 is 1.21 bits per heavy atom. The zero-order chi connectivity index (χ0) is 17.1. The molecule has 3 rings (SSSR count). The van der Waals surface area contributed by atoms with Gasteiger partial charge in [-0.25, -0.2) is 0 Å². The number of carbonyl (C=O) groups excluding carboxylic acids is 1. The van der Waals surface area contributed by atoms with E-state index in [1.54, 1.807) is 30.5 Å². The highest BCUT2D eigenvalue weighted by atomic mass is 35.5. The van der Waals surface area contributed by atoms with Gasteiger partial charge in [0.15, 0.2) is 0 Å². The van der Waals surface area contributed by atoms with Crippen LogP contribution in [0.15, 0.2) is 54.7 Å². The number of nitro groups is 1. The summed E-state index contributed by atoms with van der Waals surface area (Å²) >= 11 is 5.76. The van der Waals surface area contributed by atoms with Crippen LogP contribution in [0.1, 0.15) is 10.4 Å². The van der Waals surface area contributed by atoms with Gasteiger partial charge in [0.2, 0.25) is 0 Å². The Labute approximate surface area is 141 Å². The molecule has 1 heterocycles. The van der Waals surface area contributed by atoms with Gasteiger partial charge in [0.25, 0.3) is 11.6 Å². The van der Waals surface area contributed by atoms with Crippen molar-refractivity contribution < 1.29 is 9.72 Å². The average Bonchev–Trinajstić information content (AvgIpc) is 3.09. The molecule has 3 aromatic rings. The fourth-order valence-corrected chi connectivity index (χ4v) is 2.39. The van der Waals surface area contributed by atoms with Gasteiger partial charge in [-0.2, -0.15) is 5.10 Å². The molecule has 0 saturated heterocycles. The van der Waals surface area contributed by atoms with Gasteiger partial charge in [-0.15, -0.1) is 0 Å². The van der Waals surface area contributed by atoms with E-state index in [2.05, 4.69) is 15.5 Å². The number of hydrogen-bond donors (Lipinski definition) is 2. The number of amides is 1.